The Hall–Kier alpha value is -3.59. The average molecular weight is 508 g/mol. The Labute approximate surface area is 214 Å². The number of imide groups is 3. The topological polar surface area (TPSA) is 127 Å². The van der Waals surface area contributed by atoms with Gasteiger partial charge in [0.2, 0.25) is 11.8 Å². The molecule has 4 aliphatic rings. The normalized spacial score (nSPS) is 32.8. The summed E-state index contributed by atoms with van der Waals surface area (Å²) in [5.74, 6) is -4.53. The first-order valence-corrected chi connectivity index (χ1v) is 12.4. The first-order valence-electron chi connectivity index (χ1n) is 12.4. The molecule has 1 saturated carbocycles. The van der Waals surface area contributed by atoms with E-state index in [4.69, 9.17) is 9.47 Å². The Bertz CT molecular complexity index is 1280. The fourth-order valence-corrected chi connectivity index (χ4v) is 7.02. The van der Waals surface area contributed by atoms with Crippen LogP contribution >= 0.6 is 0 Å². The Morgan fingerprint density at radius 3 is 2.57 bits per heavy atom. The molecule has 1 aliphatic heterocycles. The van der Waals surface area contributed by atoms with Crippen LogP contribution in [-0.2, 0) is 23.9 Å². The zero-order chi connectivity index (χ0) is 26.6. The third-order valence-corrected chi connectivity index (χ3v) is 8.58. The number of likely N-dealkylation sites (tertiary alicyclic amines) is 1. The summed E-state index contributed by atoms with van der Waals surface area (Å²) in [6.07, 6.45) is 2.69. The summed E-state index contributed by atoms with van der Waals surface area (Å²) in [6.45, 7) is 3.28. The SMILES string of the molecule is COC(=O)N1C(=O)[C@H]2[C@H](CC=C3[C@H]2C[C@H]2C(=O)C=C(C)C(=O)[C@@]2(C)[C@H]3c2ccccc2OCCO)C1=O. The first kappa shape index (κ1) is 25.1. The molecule has 3 aliphatic carbocycles. The molecule has 1 heterocycles. The molecule has 0 unspecified atom stereocenters. The summed E-state index contributed by atoms with van der Waals surface area (Å²) in [7, 11) is 1.11. The summed E-state index contributed by atoms with van der Waals surface area (Å²) in [5, 5.41) is 9.36. The number of amides is 3. The molecule has 9 heteroatoms. The number of ether oxygens (including phenoxy) is 2. The van der Waals surface area contributed by atoms with E-state index >= 15 is 0 Å². The van der Waals surface area contributed by atoms with Gasteiger partial charge < -0.3 is 14.6 Å². The minimum Gasteiger partial charge on any atom is -0.491 e. The standard InChI is InChI=1S/C28H29NO8/c1-14-12-20(31)19-13-18-15(8-9-17-22(18)26(34)29(25(17)33)27(35)36-3)23(28(19,2)24(14)32)16-6-4-5-7-21(16)37-11-10-30/h4-8,12,17-19,22-23,30H,9-11,13H2,1-3H3/t17-,18+,19-,22-,23+,28+/m0/s1. The van der Waals surface area contributed by atoms with Crippen LogP contribution in [0.3, 0.4) is 0 Å². The van der Waals surface area contributed by atoms with Crippen LogP contribution in [0, 0.1) is 29.1 Å². The molecule has 1 N–H and O–H groups in total. The van der Waals surface area contributed by atoms with Crippen LogP contribution in [0.2, 0.25) is 0 Å². The number of para-hydroxylation sites is 1. The van der Waals surface area contributed by atoms with Crippen molar-refractivity contribution in [2.24, 2.45) is 29.1 Å². The molecule has 1 aromatic rings. The van der Waals surface area contributed by atoms with Crippen LogP contribution in [0.1, 0.15) is 38.2 Å². The van der Waals surface area contributed by atoms with Gasteiger partial charge in [0, 0.05) is 17.4 Å². The highest BCUT2D eigenvalue weighted by Crippen LogP contribution is 2.63. The third kappa shape index (κ3) is 3.51. The molecule has 194 valence electrons. The van der Waals surface area contributed by atoms with Crippen molar-refractivity contribution in [3.63, 3.8) is 0 Å². The monoisotopic (exact) mass is 507 g/mol. The Morgan fingerprint density at radius 1 is 1.14 bits per heavy atom. The number of fused-ring (bicyclic) bond motifs is 4. The summed E-state index contributed by atoms with van der Waals surface area (Å²) in [6, 6.07) is 7.19. The lowest BCUT2D eigenvalue weighted by Crippen LogP contribution is -2.54. The van der Waals surface area contributed by atoms with Gasteiger partial charge in [-0.05, 0) is 43.4 Å². The minimum absolute atomic E-state index is 0.0456. The number of carbonyl (C=O) groups is 5. The lowest BCUT2D eigenvalue weighted by Gasteiger charge is -2.53. The fourth-order valence-electron chi connectivity index (χ4n) is 7.02. The molecular formula is C28H29NO8. The largest absolute Gasteiger partial charge is 0.491 e. The lowest BCUT2D eigenvalue weighted by molar-refractivity contribution is -0.141. The van der Waals surface area contributed by atoms with Crippen molar-refractivity contribution < 1.29 is 38.6 Å². The van der Waals surface area contributed by atoms with Gasteiger partial charge in [-0.3, -0.25) is 19.2 Å². The van der Waals surface area contributed by atoms with Crippen molar-refractivity contribution in [3.05, 3.63) is 53.1 Å². The van der Waals surface area contributed by atoms with Crippen LogP contribution in [0.25, 0.3) is 0 Å². The number of aliphatic hydroxyl groups is 1. The molecular weight excluding hydrogens is 478 g/mol. The van der Waals surface area contributed by atoms with Gasteiger partial charge >= 0.3 is 6.09 Å². The van der Waals surface area contributed by atoms with Crippen LogP contribution in [0.15, 0.2) is 47.6 Å². The number of hydrogen-bond donors (Lipinski definition) is 1. The van der Waals surface area contributed by atoms with Gasteiger partial charge in [0.25, 0.3) is 0 Å². The zero-order valence-electron chi connectivity index (χ0n) is 20.9. The molecule has 0 spiro atoms. The molecule has 0 bridgehead atoms. The van der Waals surface area contributed by atoms with Crippen molar-refractivity contribution in [3.8, 4) is 5.75 Å². The molecule has 2 fully saturated rings. The second kappa shape index (κ2) is 9.06. The second-order valence-electron chi connectivity index (χ2n) is 10.3. The number of aliphatic hydroxyl groups excluding tert-OH is 1. The van der Waals surface area contributed by atoms with Gasteiger partial charge in [-0.1, -0.05) is 36.8 Å². The average Bonchev–Trinajstić information content (AvgIpc) is 3.15. The first-order chi connectivity index (χ1) is 17.7. The molecule has 37 heavy (non-hydrogen) atoms. The minimum atomic E-state index is -1.14. The van der Waals surface area contributed by atoms with Gasteiger partial charge in [0.05, 0.1) is 31.0 Å². The fraction of sp³-hybridized carbons (Fsp3) is 0.464. The zero-order valence-corrected chi connectivity index (χ0v) is 20.9. The predicted molar refractivity (Wildman–Crippen MR) is 129 cm³/mol. The maximum atomic E-state index is 13.8. The Morgan fingerprint density at radius 2 is 1.86 bits per heavy atom. The highest BCUT2D eigenvalue weighted by atomic mass is 16.5. The number of Topliss-reactive ketones (excluding diaryl/α,β-unsaturated/α-hetero) is 1. The van der Waals surface area contributed by atoms with E-state index in [0.29, 0.717) is 21.8 Å². The van der Waals surface area contributed by atoms with E-state index in [0.717, 1.165) is 12.7 Å². The number of nitrogens with zero attached hydrogens (tertiary/aromatic N) is 1. The van der Waals surface area contributed by atoms with E-state index in [9.17, 15) is 29.1 Å². The molecule has 0 radical (unpaired) electrons. The van der Waals surface area contributed by atoms with Crippen molar-refractivity contribution in [2.45, 2.75) is 32.6 Å². The molecule has 5 rings (SSSR count). The van der Waals surface area contributed by atoms with Gasteiger partial charge in [0.1, 0.15) is 12.4 Å². The van der Waals surface area contributed by atoms with Crippen molar-refractivity contribution in [2.75, 3.05) is 20.3 Å². The number of benzene rings is 1. The second-order valence-corrected chi connectivity index (χ2v) is 10.3. The van der Waals surface area contributed by atoms with E-state index in [1.165, 1.54) is 6.08 Å². The number of allylic oxidation sites excluding steroid dienone is 4. The molecule has 9 nitrogen and oxygen atoms in total. The number of methoxy groups -OCH3 is 1. The van der Waals surface area contributed by atoms with E-state index in [2.05, 4.69) is 0 Å². The smallest absolute Gasteiger partial charge is 0.423 e. The van der Waals surface area contributed by atoms with Crippen LogP contribution in [-0.4, -0.2) is 59.8 Å². The highest BCUT2D eigenvalue weighted by molar-refractivity contribution is 6.16. The number of hydrogen-bond acceptors (Lipinski definition) is 8. The van der Waals surface area contributed by atoms with E-state index in [1.54, 1.807) is 26.0 Å². The van der Waals surface area contributed by atoms with Crippen molar-refractivity contribution in [1.82, 2.24) is 4.90 Å². The predicted octanol–water partition coefficient (Wildman–Crippen LogP) is 2.58. The quantitative estimate of drug-likeness (QED) is 0.487. The van der Waals surface area contributed by atoms with Gasteiger partial charge in [0.15, 0.2) is 11.6 Å². The number of ketones is 2. The third-order valence-electron chi connectivity index (χ3n) is 8.58. The molecule has 1 saturated heterocycles. The van der Waals surface area contributed by atoms with E-state index in [-0.39, 0.29) is 37.6 Å². The highest BCUT2D eigenvalue weighted by Gasteiger charge is 2.64. The van der Waals surface area contributed by atoms with E-state index < -0.39 is 52.9 Å². The molecule has 1 aromatic carbocycles. The number of carbonyl (C=O) groups excluding carboxylic acids is 5. The Kier molecular flexibility index (Phi) is 6.14. The maximum absolute atomic E-state index is 13.8. The maximum Gasteiger partial charge on any atom is 0.423 e. The molecule has 6 atom stereocenters. The van der Waals surface area contributed by atoms with Gasteiger partial charge in [-0.25, -0.2) is 4.79 Å². The van der Waals surface area contributed by atoms with Crippen LogP contribution in [0.5, 0.6) is 5.75 Å². The van der Waals surface area contributed by atoms with Gasteiger partial charge in [-0.15, -0.1) is 0 Å². The van der Waals surface area contributed by atoms with E-state index in [1.807, 2.05) is 18.2 Å². The van der Waals surface area contributed by atoms with Crippen LogP contribution < -0.4 is 4.74 Å². The lowest BCUT2D eigenvalue weighted by atomic mass is 9.47. The summed E-state index contributed by atoms with van der Waals surface area (Å²) in [4.78, 5) is 66.6. The van der Waals surface area contributed by atoms with Gasteiger partial charge in [-0.2, -0.15) is 4.90 Å². The summed E-state index contributed by atoms with van der Waals surface area (Å²) in [5.41, 5.74) is 0.704. The molecule has 3 amide bonds. The van der Waals surface area contributed by atoms with Crippen molar-refractivity contribution in [1.29, 1.82) is 0 Å². The van der Waals surface area contributed by atoms with Crippen molar-refractivity contribution >= 4 is 29.5 Å². The number of rotatable bonds is 4. The van der Waals surface area contributed by atoms with Crippen LogP contribution in [0.4, 0.5) is 4.79 Å². The Balaban J connectivity index is 1.69. The summed E-state index contributed by atoms with van der Waals surface area (Å²) >= 11 is 0. The summed E-state index contributed by atoms with van der Waals surface area (Å²) < 4.78 is 10.5. The molecule has 0 aromatic heterocycles.